The molecule has 1 rings (SSSR count). The lowest BCUT2D eigenvalue weighted by atomic mass is 9.93. The van der Waals surface area contributed by atoms with Crippen LogP contribution in [0.15, 0.2) is 0 Å². The minimum Gasteiger partial charge on any atom is -0.390 e. The predicted octanol–water partition coefficient (Wildman–Crippen LogP) is 1.50. The first-order valence-corrected chi connectivity index (χ1v) is 3.21. The molecule has 1 nitrogen and oxygen atoms in total. The van der Waals surface area contributed by atoms with E-state index >= 15 is 0 Å². The lowest BCUT2D eigenvalue weighted by molar-refractivity contribution is -0.0983. The van der Waals surface area contributed by atoms with Gasteiger partial charge < -0.3 is 5.11 Å². The van der Waals surface area contributed by atoms with E-state index in [1.54, 1.807) is 0 Å². The van der Waals surface area contributed by atoms with Crippen molar-refractivity contribution in [2.24, 2.45) is 0 Å². The molecule has 0 heterocycles. The van der Waals surface area contributed by atoms with Gasteiger partial charge in [-0.2, -0.15) is 0 Å². The van der Waals surface area contributed by atoms with Gasteiger partial charge >= 0.3 is 0 Å². The van der Waals surface area contributed by atoms with Crippen molar-refractivity contribution in [3.63, 3.8) is 0 Å². The zero-order valence-corrected chi connectivity index (χ0v) is 5.36. The summed E-state index contributed by atoms with van der Waals surface area (Å²) in [4.78, 5) is 0. The molecule has 1 aliphatic rings. The Morgan fingerprint density at radius 2 is 2.00 bits per heavy atom. The second-order valence-electron chi connectivity index (χ2n) is 2.68. The number of halogens is 3. The summed E-state index contributed by atoms with van der Waals surface area (Å²) in [6.45, 7) is 0. The van der Waals surface area contributed by atoms with Crippen molar-refractivity contribution < 1.29 is 18.3 Å². The number of hydrogen-bond donors (Lipinski definition) is 1. The first kappa shape index (κ1) is 7.85. The van der Waals surface area contributed by atoms with Crippen LogP contribution in [0.25, 0.3) is 0 Å². The Kier molecular flexibility index (Phi) is 1.90. The summed E-state index contributed by atoms with van der Waals surface area (Å²) in [5.41, 5.74) is 0. The molecule has 1 N–H and O–H groups in total. The first-order valence-electron chi connectivity index (χ1n) is 3.21. The van der Waals surface area contributed by atoms with E-state index in [1.807, 2.05) is 0 Å². The molecular weight excluding hydrogens is 145 g/mol. The lowest BCUT2D eigenvalue weighted by Crippen LogP contribution is -2.36. The predicted molar refractivity (Wildman–Crippen MR) is 29.7 cm³/mol. The molecule has 0 aliphatic heterocycles. The van der Waals surface area contributed by atoms with E-state index in [9.17, 15) is 13.2 Å². The zero-order chi connectivity index (χ0) is 7.78. The summed E-state index contributed by atoms with van der Waals surface area (Å²) in [7, 11) is 0. The summed E-state index contributed by atoms with van der Waals surface area (Å²) >= 11 is 0. The number of aliphatic hydroxyl groups excluding tert-OH is 1. The van der Waals surface area contributed by atoms with Crippen LogP contribution in [0, 0.1) is 0 Å². The number of alkyl halides is 3. The Morgan fingerprint density at radius 1 is 1.40 bits per heavy atom. The van der Waals surface area contributed by atoms with E-state index in [0.717, 1.165) is 0 Å². The molecule has 1 fully saturated rings. The van der Waals surface area contributed by atoms with Crippen molar-refractivity contribution in [2.75, 3.05) is 0 Å². The molecule has 0 bridgehead atoms. The summed E-state index contributed by atoms with van der Waals surface area (Å²) in [5.74, 6) is -2.90. The standard InChI is InChI=1S/C6H9F3O/c7-4-3-6(8,9)2-1-5(4)10/h4-5,10H,1-3H2. The van der Waals surface area contributed by atoms with E-state index in [-0.39, 0.29) is 6.42 Å². The molecule has 0 aromatic carbocycles. The van der Waals surface area contributed by atoms with Gasteiger partial charge in [-0.05, 0) is 6.42 Å². The molecule has 0 aromatic rings. The van der Waals surface area contributed by atoms with Crippen molar-refractivity contribution in [3.05, 3.63) is 0 Å². The lowest BCUT2D eigenvalue weighted by Gasteiger charge is -2.27. The third-order valence-corrected chi connectivity index (χ3v) is 1.72. The van der Waals surface area contributed by atoms with Crippen LogP contribution >= 0.6 is 0 Å². The van der Waals surface area contributed by atoms with Gasteiger partial charge in [-0.1, -0.05) is 0 Å². The molecule has 10 heavy (non-hydrogen) atoms. The maximum Gasteiger partial charge on any atom is 0.251 e. The second-order valence-corrected chi connectivity index (χ2v) is 2.68. The highest BCUT2D eigenvalue weighted by Gasteiger charge is 2.40. The van der Waals surface area contributed by atoms with E-state index in [4.69, 9.17) is 5.11 Å². The quantitative estimate of drug-likeness (QED) is 0.560. The van der Waals surface area contributed by atoms with Crippen molar-refractivity contribution in [1.29, 1.82) is 0 Å². The Hall–Kier alpha value is -0.250. The minimum atomic E-state index is -2.90. The van der Waals surface area contributed by atoms with E-state index in [0.29, 0.717) is 0 Å². The SMILES string of the molecule is OC1CCC(F)(F)CC1F. The van der Waals surface area contributed by atoms with Crippen LogP contribution in [0.5, 0.6) is 0 Å². The zero-order valence-electron chi connectivity index (χ0n) is 5.36. The van der Waals surface area contributed by atoms with Crippen LogP contribution in [-0.2, 0) is 0 Å². The van der Waals surface area contributed by atoms with Crippen LogP contribution < -0.4 is 0 Å². The molecule has 2 atom stereocenters. The highest BCUT2D eigenvalue weighted by Crippen LogP contribution is 2.34. The highest BCUT2D eigenvalue weighted by atomic mass is 19.3. The molecule has 0 saturated heterocycles. The summed E-state index contributed by atoms with van der Waals surface area (Å²) in [6, 6.07) is 0. The Morgan fingerprint density at radius 3 is 2.40 bits per heavy atom. The van der Waals surface area contributed by atoms with Crippen LogP contribution in [0.3, 0.4) is 0 Å². The van der Waals surface area contributed by atoms with E-state index in [2.05, 4.69) is 0 Å². The van der Waals surface area contributed by atoms with Gasteiger partial charge in [-0.15, -0.1) is 0 Å². The maximum atomic E-state index is 12.3. The number of rotatable bonds is 0. The fraction of sp³-hybridized carbons (Fsp3) is 1.00. The molecule has 4 heteroatoms. The fourth-order valence-corrected chi connectivity index (χ4v) is 1.06. The highest BCUT2D eigenvalue weighted by molar-refractivity contribution is 4.83. The van der Waals surface area contributed by atoms with Gasteiger partial charge in [-0.25, -0.2) is 13.2 Å². The molecule has 0 radical (unpaired) electrons. The van der Waals surface area contributed by atoms with E-state index in [1.165, 1.54) is 0 Å². The largest absolute Gasteiger partial charge is 0.390 e. The fourth-order valence-electron chi connectivity index (χ4n) is 1.06. The van der Waals surface area contributed by atoms with Crippen LogP contribution in [0.2, 0.25) is 0 Å². The first-order chi connectivity index (χ1) is 4.51. The maximum absolute atomic E-state index is 12.3. The van der Waals surface area contributed by atoms with Crippen LogP contribution in [0.1, 0.15) is 19.3 Å². The molecule has 0 aromatic heterocycles. The van der Waals surface area contributed by atoms with Crippen molar-refractivity contribution in [3.8, 4) is 0 Å². The Bertz CT molecular complexity index is 126. The van der Waals surface area contributed by atoms with Crippen LogP contribution in [0.4, 0.5) is 13.2 Å². The van der Waals surface area contributed by atoms with Gasteiger partial charge in [0, 0.05) is 12.8 Å². The van der Waals surface area contributed by atoms with Gasteiger partial charge in [0.2, 0.25) is 0 Å². The summed E-state index contributed by atoms with van der Waals surface area (Å²) in [5, 5.41) is 8.70. The average Bonchev–Trinajstić information content (AvgIpc) is 1.79. The Balaban J connectivity index is 2.49. The topological polar surface area (TPSA) is 20.2 Å². The molecule has 1 saturated carbocycles. The monoisotopic (exact) mass is 154 g/mol. The van der Waals surface area contributed by atoms with Crippen molar-refractivity contribution >= 4 is 0 Å². The van der Waals surface area contributed by atoms with Crippen LogP contribution in [-0.4, -0.2) is 23.3 Å². The second kappa shape index (κ2) is 2.42. The minimum absolute atomic E-state index is 0.131. The molecule has 0 spiro atoms. The number of hydrogen-bond acceptors (Lipinski definition) is 1. The van der Waals surface area contributed by atoms with Gasteiger partial charge in [0.25, 0.3) is 5.92 Å². The summed E-state index contributed by atoms with van der Waals surface area (Å²) in [6.07, 6.45) is -4.28. The Labute approximate surface area is 56.8 Å². The molecule has 0 amide bonds. The molecule has 2 unspecified atom stereocenters. The average molecular weight is 154 g/mol. The van der Waals surface area contributed by atoms with Gasteiger partial charge in [-0.3, -0.25) is 0 Å². The molecule has 1 aliphatic carbocycles. The van der Waals surface area contributed by atoms with Gasteiger partial charge in [0.05, 0.1) is 6.10 Å². The molecular formula is C6H9F3O. The third kappa shape index (κ3) is 1.62. The smallest absolute Gasteiger partial charge is 0.251 e. The van der Waals surface area contributed by atoms with E-state index < -0.39 is 31.0 Å². The van der Waals surface area contributed by atoms with Crippen molar-refractivity contribution in [1.82, 2.24) is 0 Å². The third-order valence-electron chi connectivity index (χ3n) is 1.72. The summed E-state index contributed by atoms with van der Waals surface area (Å²) < 4.78 is 36.9. The van der Waals surface area contributed by atoms with Gasteiger partial charge in [0.15, 0.2) is 0 Å². The normalized spacial score (nSPS) is 39.6. The molecule has 60 valence electrons. The van der Waals surface area contributed by atoms with Gasteiger partial charge in [0.1, 0.15) is 6.17 Å². The van der Waals surface area contributed by atoms with Crippen molar-refractivity contribution in [2.45, 2.75) is 37.5 Å². The number of aliphatic hydroxyl groups is 1.